The minimum atomic E-state index is 0. The van der Waals surface area contributed by atoms with E-state index in [4.69, 9.17) is 0 Å². The minimum Gasteiger partial charge on any atom is -1.00 e. The van der Waals surface area contributed by atoms with Crippen molar-refractivity contribution in [2.75, 3.05) is 24.6 Å². The molecular weight excluding hydrogens is 844 g/mol. The molecule has 6 heteroatoms. The van der Waals surface area contributed by atoms with E-state index >= 15 is 0 Å². The summed E-state index contributed by atoms with van der Waals surface area (Å²) in [5, 5.41) is 8.96. The van der Waals surface area contributed by atoms with E-state index in [1.807, 2.05) is 24.3 Å². The second kappa shape index (κ2) is 33.4. The minimum absolute atomic E-state index is 0. The summed E-state index contributed by atoms with van der Waals surface area (Å²) in [6.45, 7) is 9.20. The van der Waals surface area contributed by atoms with Crippen LogP contribution in [-0.4, -0.2) is 24.6 Å². The smallest absolute Gasteiger partial charge is 1.00 e. The monoisotopic (exact) mass is 898 g/mol. The molecule has 2 aliphatic rings. The van der Waals surface area contributed by atoms with Crippen molar-refractivity contribution in [1.29, 1.82) is 0 Å². The second-order valence-corrected chi connectivity index (χ2v) is 17.1. The molecule has 0 unspecified atom stereocenters. The topological polar surface area (TPSA) is 0 Å². The zero-order chi connectivity index (χ0) is 32.7. The van der Waals surface area contributed by atoms with Gasteiger partial charge in [-0.3, -0.25) is 12.2 Å². The van der Waals surface area contributed by atoms with Crippen molar-refractivity contribution >= 4 is 48.0 Å². The summed E-state index contributed by atoms with van der Waals surface area (Å²) in [7, 11) is 0.171. The molecule has 0 N–H and O–H groups in total. The number of halogens is 2. The average Bonchev–Trinajstić information content (AvgIpc) is 3.93. The first-order valence-electron chi connectivity index (χ1n) is 17.9. The zero-order valence-electron chi connectivity index (χ0n) is 30.9. The van der Waals surface area contributed by atoms with Crippen LogP contribution < -0.4 is 35.4 Å². The van der Waals surface area contributed by atoms with Gasteiger partial charge in [0.05, 0.1) is 0 Å². The van der Waals surface area contributed by atoms with Crippen molar-refractivity contribution in [2.45, 2.75) is 91.9 Å². The van der Waals surface area contributed by atoms with Gasteiger partial charge in [-0.25, -0.2) is 24.3 Å². The van der Waals surface area contributed by atoms with Gasteiger partial charge in [0.1, 0.15) is 0 Å². The molecule has 0 spiro atoms. The molecule has 0 radical (unpaired) electrons. The van der Waals surface area contributed by atoms with Crippen molar-refractivity contribution in [2.24, 2.45) is 0 Å². The molecule has 0 saturated heterocycles. The van der Waals surface area contributed by atoms with Crippen LogP contribution in [-0.2, 0) is 52.4 Å². The van der Waals surface area contributed by atoms with Gasteiger partial charge in [-0.15, -0.1) is 93.5 Å². The molecule has 2 aliphatic carbocycles. The Morgan fingerprint density at radius 1 is 0.540 bits per heavy atom. The third-order valence-corrected chi connectivity index (χ3v) is 13.6. The molecule has 0 amide bonds. The van der Waals surface area contributed by atoms with Gasteiger partial charge < -0.3 is 24.8 Å². The van der Waals surface area contributed by atoms with Crippen LogP contribution in [0.25, 0.3) is 21.5 Å². The van der Waals surface area contributed by atoms with E-state index < -0.39 is 0 Å². The maximum atomic E-state index is 2.99. The second-order valence-electron chi connectivity index (χ2n) is 12.1. The van der Waals surface area contributed by atoms with Crippen molar-refractivity contribution < 1.29 is 77.2 Å². The van der Waals surface area contributed by atoms with E-state index in [0.29, 0.717) is 0 Å². The summed E-state index contributed by atoms with van der Waals surface area (Å²) in [5.41, 5.74) is 0. The summed E-state index contributed by atoms with van der Waals surface area (Å²) in [6, 6.07) is 27.3. The number of benzene rings is 2. The molecule has 4 aromatic rings. The van der Waals surface area contributed by atoms with Crippen molar-refractivity contribution in [3.8, 4) is 0 Å². The van der Waals surface area contributed by atoms with Crippen molar-refractivity contribution in [3.63, 3.8) is 0 Å². The van der Waals surface area contributed by atoms with Crippen LogP contribution in [0, 0.1) is 12.2 Å². The molecule has 0 atom stereocenters. The fraction of sp³-hybridized carbons (Fsp3) is 0.409. The average molecular weight is 902 g/mol. The predicted molar refractivity (Wildman–Crippen MR) is 214 cm³/mol. The molecular formula is C44H58Cl2P2Zr2-2. The van der Waals surface area contributed by atoms with E-state index in [0.717, 1.165) is 12.8 Å². The number of rotatable bonds is 14. The summed E-state index contributed by atoms with van der Waals surface area (Å²) in [5.74, 6) is 0. The molecule has 0 nitrogen and oxygen atoms in total. The fourth-order valence-corrected chi connectivity index (χ4v) is 11.0. The third kappa shape index (κ3) is 20.3. The molecule has 0 fully saturated rings. The van der Waals surface area contributed by atoms with Crippen LogP contribution >= 0.6 is 15.8 Å². The predicted octanol–water partition coefficient (Wildman–Crippen LogP) is 7.15. The van der Waals surface area contributed by atoms with Crippen LogP contribution in [0.5, 0.6) is 0 Å². The third-order valence-electron chi connectivity index (χ3n) is 8.23. The molecule has 0 bridgehead atoms. The summed E-state index contributed by atoms with van der Waals surface area (Å²) in [4.78, 5) is 0. The molecule has 0 heterocycles. The van der Waals surface area contributed by atoms with E-state index in [1.165, 1.54) is 97.6 Å². The summed E-state index contributed by atoms with van der Waals surface area (Å²) < 4.78 is 0. The fourth-order valence-electron chi connectivity index (χ4n) is 5.45. The van der Waals surface area contributed by atoms with Gasteiger partial charge in [0.15, 0.2) is 0 Å². The van der Waals surface area contributed by atoms with Gasteiger partial charge in [-0.05, 0) is 50.3 Å². The Balaban J connectivity index is 0. The molecule has 0 saturated carbocycles. The summed E-state index contributed by atoms with van der Waals surface area (Å²) >= 11 is 0. The maximum absolute atomic E-state index is 2.99. The Labute approximate surface area is 359 Å². The van der Waals surface area contributed by atoms with Crippen molar-refractivity contribution in [1.82, 2.24) is 0 Å². The first kappa shape index (κ1) is 51.9. The van der Waals surface area contributed by atoms with Gasteiger partial charge in [0.2, 0.25) is 0 Å². The number of hydrogen-bond donors (Lipinski definition) is 0. The molecule has 268 valence electrons. The van der Waals surface area contributed by atoms with Crippen LogP contribution in [0.15, 0.2) is 109 Å². The maximum Gasteiger partial charge on any atom is 2.00 e. The van der Waals surface area contributed by atoms with Gasteiger partial charge >= 0.3 is 52.4 Å². The van der Waals surface area contributed by atoms with Crippen molar-refractivity contribution in [3.05, 3.63) is 121 Å². The Morgan fingerprint density at radius 3 is 1.12 bits per heavy atom. The van der Waals surface area contributed by atoms with Gasteiger partial charge in [-0.2, -0.15) is 24.3 Å². The first-order valence-corrected chi connectivity index (χ1v) is 21.4. The van der Waals surface area contributed by atoms with Crippen LogP contribution in [0.3, 0.4) is 0 Å². The van der Waals surface area contributed by atoms with E-state index in [9.17, 15) is 0 Å². The Bertz CT molecular complexity index is 1270. The van der Waals surface area contributed by atoms with E-state index in [2.05, 4.69) is 125 Å². The Kier molecular flexibility index (Phi) is 34.7. The number of unbranched alkanes of at least 4 members (excludes halogenated alkanes) is 4. The van der Waals surface area contributed by atoms with Crippen LogP contribution in [0.2, 0.25) is 0 Å². The summed E-state index contributed by atoms with van der Waals surface area (Å²) in [6.07, 6.45) is 36.5. The zero-order valence-corrected chi connectivity index (χ0v) is 39.2. The molecule has 0 aliphatic heterocycles. The molecule has 50 heavy (non-hydrogen) atoms. The van der Waals surface area contributed by atoms with E-state index in [-0.39, 0.29) is 93.1 Å². The van der Waals surface area contributed by atoms with Gasteiger partial charge in [0.25, 0.3) is 0 Å². The number of fused-ring (bicyclic) bond motifs is 2. The number of allylic oxidation sites excluding steroid dienone is 8. The largest absolute Gasteiger partial charge is 2.00 e. The Hall–Kier alpha value is -0.174. The normalized spacial score (nSPS) is 11.8. The SMILES string of the molecule is CCCCP(CCCC)c1cc2ccccc2[cH-]1.CCCCP(CCCC)c1cc2ccccc2[cH-]1.[C-]1=CC=CC1.[C-]1=CC=CC1.[Cl-].[Cl-].[Zr+2].[Zr+2]. The first-order chi connectivity index (χ1) is 22.7. The van der Waals surface area contributed by atoms with Crippen LogP contribution in [0.1, 0.15) is 91.9 Å². The molecule has 4 aromatic carbocycles. The molecule has 0 aromatic heterocycles. The van der Waals surface area contributed by atoms with Gasteiger partial charge in [0, 0.05) is 0 Å². The van der Waals surface area contributed by atoms with Gasteiger partial charge in [-0.1, -0.05) is 81.4 Å². The Morgan fingerprint density at radius 2 is 0.880 bits per heavy atom. The van der Waals surface area contributed by atoms with Crippen LogP contribution in [0.4, 0.5) is 0 Å². The van der Waals surface area contributed by atoms with E-state index in [1.54, 1.807) is 10.6 Å². The molecule has 6 rings (SSSR count). The standard InChI is InChI=1S/2C17H24P.2C5H5.2ClH.2Zr/c2*1-3-5-11-18(12-6-4-2)17-13-15-9-7-8-10-16(15)14-17;2*1-2-4-5-3-1;;;;/h2*7-10,13-14H,3-6,11-12H2,1-2H3;2*1-3H,4H2;2*1H;;/q4*-1;;;2*+2/p-2. The number of hydrogen-bond acceptors (Lipinski definition) is 0. The quantitative estimate of drug-likeness (QED) is 0.0934.